The van der Waals surface area contributed by atoms with Gasteiger partial charge >= 0.3 is 0 Å². The van der Waals surface area contributed by atoms with Crippen LogP contribution in [0.15, 0.2) is 34.7 Å². The van der Waals surface area contributed by atoms with Crippen LogP contribution in [0.4, 0.5) is 11.4 Å². The van der Waals surface area contributed by atoms with E-state index in [4.69, 9.17) is 10.2 Å². The van der Waals surface area contributed by atoms with Gasteiger partial charge in [-0.3, -0.25) is 4.79 Å². The van der Waals surface area contributed by atoms with E-state index in [2.05, 4.69) is 0 Å². The van der Waals surface area contributed by atoms with Crippen molar-refractivity contribution in [2.75, 3.05) is 17.2 Å². The first-order chi connectivity index (χ1) is 9.16. The fourth-order valence-corrected chi connectivity index (χ4v) is 2.55. The number of nitrogens with zero attached hydrogens (tertiary/aromatic N) is 1. The number of rotatable bonds is 1. The number of nitrogens with two attached hydrogens (primary N) is 1. The SMILES string of the molecule is Cc1ccc(C(=O)N2CCCc3c(N)cccc32)o1.Cl. The number of hydrogen-bond acceptors (Lipinski definition) is 3. The average molecular weight is 293 g/mol. The predicted octanol–water partition coefficient (Wildman–Crippen LogP) is 3.19. The van der Waals surface area contributed by atoms with Gasteiger partial charge < -0.3 is 15.1 Å². The maximum atomic E-state index is 12.5. The zero-order valence-corrected chi connectivity index (χ0v) is 12.1. The van der Waals surface area contributed by atoms with Crippen molar-refractivity contribution in [2.24, 2.45) is 0 Å². The highest BCUT2D eigenvalue weighted by Crippen LogP contribution is 2.32. The van der Waals surface area contributed by atoms with E-state index >= 15 is 0 Å². The standard InChI is InChI=1S/C15H16N2O2.ClH/c1-10-7-8-14(19-10)15(18)17-9-3-4-11-12(16)5-2-6-13(11)17;/h2,5-8H,3-4,9,16H2,1H3;1H. The van der Waals surface area contributed by atoms with Crippen LogP contribution in [0.25, 0.3) is 0 Å². The van der Waals surface area contributed by atoms with Crippen LogP contribution in [-0.2, 0) is 6.42 Å². The molecule has 0 bridgehead atoms. The van der Waals surface area contributed by atoms with Crippen LogP contribution in [0, 0.1) is 6.92 Å². The first-order valence-corrected chi connectivity index (χ1v) is 6.42. The van der Waals surface area contributed by atoms with Gasteiger partial charge in [0.15, 0.2) is 5.76 Å². The number of amides is 1. The van der Waals surface area contributed by atoms with Crippen LogP contribution in [0.5, 0.6) is 0 Å². The number of nitrogen functional groups attached to an aromatic ring is 1. The topological polar surface area (TPSA) is 59.5 Å². The number of halogens is 1. The molecule has 5 heteroatoms. The summed E-state index contributed by atoms with van der Waals surface area (Å²) in [5.74, 6) is 1.03. The molecule has 2 N–H and O–H groups in total. The molecule has 1 aromatic heterocycles. The lowest BCUT2D eigenvalue weighted by Gasteiger charge is -2.29. The van der Waals surface area contributed by atoms with Crippen molar-refractivity contribution in [1.82, 2.24) is 0 Å². The van der Waals surface area contributed by atoms with E-state index in [1.807, 2.05) is 25.1 Å². The van der Waals surface area contributed by atoms with Crippen LogP contribution < -0.4 is 10.6 Å². The van der Waals surface area contributed by atoms with Crippen LogP contribution in [0.3, 0.4) is 0 Å². The van der Waals surface area contributed by atoms with E-state index in [0.717, 1.165) is 35.5 Å². The minimum absolute atomic E-state index is 0. The smallest absolute Gasteiger partial charge is 0.293 e. The van der Waals surface area contributed by atoms with Gasteiger partial charge in [-0.15, -0.1) is 12.4 Å². The number of hydrogen-bond donors (Lipinski definition) is 1. The van der Waals surface area contributed by atoms with Crippen molar-refractivity contribution in [2.45, 2.75) is 19.8 Å². The molecule has 0 atom stereocenters. The van der Waals surface area contributed by atoms with Gasteiger partial charge in [-0.2, -0.15) is 0 Å². The third-order valence-corrected chi connectivity index (χ3v) is 3.48. The molecular weight excluding hydrogens is 276 g/mol. The fourth-order valence-electron chi connectivity index (χ4n) is 2.55. The van der Waals surface area contributed by atoms with Crippen molar-refractivity contribution in [3.05, 3.63) is 47.4 Å². The maximum absolute atomic E-state index is 12.5. The molecule has 3 rings (SSSR count). The number of benzene rings is 1. The zero-order chi connectivity index (χ0) is 13.4. The van der Waals surface area contributed by atoms with Crippen LogP contribution in [-0.4, -0.2) is 12.5 Å². The molecule has 2 aromatic rings. The lowest BCUT2D eigenvalue weighted by Crippen LogP contribution is -2.35. The molecule has 0 fully saturated rings. The summed E-state index contributed by atoms with van der Waals surface area (Å²) in [6, 6.07) is 9.23. The zero-order valence-electron chi connectivity index (χ0n) is 11.3. The van der Waals surface area contributed by atoms with E-state index in [-0.39, 0.29) is 18.3 Å². The predicted molar refractivity (Wildman–Crippen MR) is 81.5 cm³/mol. The summed E-state index contributed by atoms with van der Waals surface area (Å²) in [7, 11) is 0. The van der Waals surface area contributed by atoms with Gasteiger partial charge in [0.2, 0.25) is 0 Å². The Labute approximate surface area is 124 Å². The van der Waals surface area contributed by atoms with Gasteiger partial charge in [-0.1, -0.05) is 6.07 Å². The molecule has 2 heterocycles. The normalized spacial score (nSPS) is 13.6. The fraction of sp³-hybridized carbons (Fsp3) is 0.267. The molecule has 20 heavy (non-hydrogen) atoms. The molecule has 0 saturated heterocycles. The Balaban J connectivity index is 0.00000147. The van der Waals surface area contributed by atoms with Gasteiger partial charge in [0.05, 0.1) is 0 Å². The van der Waals surface area contributed by atoms with Crippen molar-refractivity contribution < 1.29 is 9.21 Å². The van der Waals surface area contributed by atoms with Gasteiger partial charge in [0.25, 0.3) is 5.91 Å². The molecule has 1 aromatic carbocycles. The first kappa shape index (κ1) is 14.5. The second kappa shape index (κ2) is 5.59. The number of anilines is 2. The maximum Gasteiger partial charge on any atom is 0.293 e. The summed E-state index contributed by atoms with van der Waals surface area (Å²) in [5, 5.41) is 0. The van der Waals surface area contributed by atoms with Crippen molar-refractivity contribution in [3.63, 3.8) is 0 Å². The third kappa shape index (κ3) is 2.39. The van der Waals surface area contributed by atoms with E-state index in [1.54, 1.807) is 17.0 Å². The highest BCUT2D eigenvalue weighted by Gasteiger charge is 2.26. The Kier molecular flexibility index (Phi) is 4.04. The summed E-state index contributed by atoms with van der Waals surface area (Å²) < 4.78 is 5.42. The van der Waals surface area contributed by atoms with Crippen LogP contribution in [0.1, 0.15) is 28.3 Å². The van der Waals surface area contributed by atoms with Crippen molar-refractivity contribution in [3.8, 4) is 0 Å². The largest absolute Gasteiger partial charge is 0.456 e. The molecule has 106 valence electrons. The second-order valence-corrected chi connectivity index (χ2v) is 4.82. The molecule has 0 saturated carbocycles. The lowest BCUT2D eigenvalue weighted by molar-refractivity contribution is 0.0957. The Morgan fingerprint density at radius 3 is 2.80 bits per heavy atom. The van der Waals surface area contributed by atoms with Crippen LogP contribution >= 0.6 is 12.4 Å². The second-order valence-electron chi connectivity index (χ2n) is 4.82. The highest BCUT2D eigenvalue weighted by atomic mass is 35.5. The Hall–Kier alpha value is -1.94. The van der Waals surface area contributed by atoms with Gasteiger partial charge in [0.1, 0.15) is 5.76 Å². The Morgan fingerprint density at radius 1 is 1.30 bits per heavy atom. The van der Waals surface area contributed by atoms with E-state index in [0.29, 0.717) is 12.3 Å². The number of fused-ring (bicyclic) bond motifs is 1. The molecule has 1 amide bonds. The molecule has 1 aliphatic heterocycles. The first-order valence-electron chi connectivity index (χ1n) is 6.42. The van der Waals surface area contributed by atoms with Crippen molar-refractivity contribution in [1.29, 1.82) is 0 Å². The minimum atomic E-state index is -0.0975. The van der Waals surface area contributed by atoms with Crippen molar-refractivity contribution >= 4 is 29.7 Å². The molecule has 1 aliphatic rings. The van der Waals surface area contributed by atoms with Gasteiger partial charge in [-0.25, -0.2) is 0 Å². The lowest BCUT2D eigenvalue weighted by atomic mass is 9.99. The molecule has 0 spiro atoms. The summed E-state index contributed by atoms with van der Waals surface area (Å²) in [4.78, 5) is 14.2. The number of furan rings is 1. The highest BCUT2D eigenvalue weighted by molar-refractivity contribution is 6.05. The number of aryl methyl sites for hydroxylation is 1. The molecule has 0 unspecified atom stereocenters. The van der Waals surface area contributed by atoms with E-state index in [1.165, 1.54) is 0 Å². The quantitative estimate of drug-likeness (QED) is 0.821. The molecule has 0 aliphatic carbocycles. The summed E-state index contributed by atoms with van der Waals surface area (Å²) >= 11 is 0. The minimum Gasteiger partial charge on any atom is -0.456 e. The Morgan fingerprint density at radius 2 is 2.10 bits per heavy atom. The monoisotopic (exact) mass is 292 g/mol. The third-order valence-electron chi connectivity index (χ3n) is 3.48. The molecule has 0 radical (unpaired) electrons. The average Bonchev–Trinajstić information content (AvgIpc) is 2.85. The summed E-state index contributed by atoms with van der Waals surface area (Å²) in [6.45, 7) is 2.54. The van der Waals surface area contributed by atoms with E-state index < -0.39 is 0 Å². The molecular formula is C15H17ClN2O2. The Bertz CT molecular complexity index is 637. The van der Waals surface area contributed by atoms with Crippen LogP contribution in [0.2, 0.25) is 0 Å². The number of carbonyl (C=O) groups is 1. The summed E-state index contributed by atoms with van der Waals surface area (Å²) in [5.41, 5.74) is 8.71. The summed E-state index contributed by atoms with van der Waals surface area (Å²) in [6.07, 6.45) is 1.84. The van der Waals surface area contributed by atoms with E-state index in [9.17, 15) is 4.79 Å². The number of carbonyl (C=O) groups excluding carboxylic acids is 1. The van der Waals surface area contributed by atoms with Gasteiger partial charge in [0, 0.05) is 17.9 Å². The van der Waals surface area contributed by atoms with Gasteiger partial charge in [-0.05, 0) is 49.6 Å². The molecule has 4 nitrogen and oxygen atoms in total.